The van der Waals surface area contributed by atoms with Gasteiger partial charge in [0.05, 0.1) is 12.0 Å². The Morgan fingerprint density at radius 1 is 1.45 bits per heavy atom. The molecule has 0 radical (unpaired) electrons. The number of para-hydroxylation sites is 1. The fraction of sp³-hybridized carbons (Fsp3) is 0.250. The molecule has 0 bridgehead atoms. The zero-order chi connectivity index (χ0) is 8.27. The lowest BCUT2D eigenvalue weighted by Gasteiger charge is -2.05. The number of thioether (sulfide) groups is 1. The Morgan fingerprint density at radius 2 is 2.18 bits per heavy atom. The van der Waals surface area contributed by atoms with Crippen LogP contribution in [0.1, 0.15) is 0 Å². The van der Waals surface area contributed by atoms with Crippen LogP contribution in [0.25, 0.3) is 0 Å². The van der Waals surface area contributed by atoms with Crippen molar-refractivity contribution < 1.29 is 9.13 Å². The average Bonchev–Trinajstić information content (AvgIpc) is 2.04. The molecule has 0 atom stereocenters. The predicted molar refractivity (Wildman–Crippen MR) is 44.7 cm³/mol. The lowest BCUT2D eigenvalue weighted by molar-refractivity contribution is 0.376. The van der Waals surface area contributed by atoms with Crippen LogP contribution >= 0.6 is 11.8 Å². The summed E-state index contributed by atoms with van der Waals surface area (Å²) >= 11 is 1.47. The summed E-state index contributed by atoms with van der Waals surface area (Å²) in [5, 5.41) is 0. The summed E-state index contributed by atoms with van der Waals surface area (Å²) in [5.74, 6) is 0.0272. The molecule has 11 heavy (non-hydrogen) atoms. The van der Waals surface area contributed by atoms with Crippen LogP contribution < -0.4 is 4.74 Å². The summed E-state index contributed by atoms with van der Waals surface area (Å²) in [6, 6.07) is 4.88. The zero-order valence-electron chi connectivity index (χ0n) is 6.43. The molecule has 0 amide bonds. The third-order valence-corrected chi connectivity index (χ3v) is 2.12. The Morgan fingerprint density at radius 3 is 2.64 bits per heavy atom. The Labute approximate surface area is 69.6 Å². The van der Waals surface area contributed by atoms with E-state index >= 15 is 0 Å². The molecule has 60 valence electrons. The van der Waals surface area contributed by atoms with Gasteiger partial charge in [0.15, 0.2) is 11.6 Å². The third kappa shape index (κ3) is 1.66. The van der Waals surface area contributed by atoms with Crippen LogP contribution in [0.2, 0.25) is 0 Å². The monoisotopic (exact) mass is 172 g/mol. The lowest BCUT2D eigenvalue weighted by Crippen LogP contribution is -1.89. The van der Waals surface area contributed by atoms with E-state index in [4.69, 9.17) is 4.74 Å². The molecule has 0 aromatic heterocycles. The van der Waals surface area contributed by atoms with Crippen LogP contribution in [0.15, 0.2) is 23.1 Å². The first kappa shape index (κ1) is 8.40. The van der Waals surface area contributed by atoms with Gasteiger partial charge in [-0.3, -0.25) is 0 Å². The number of benzene rings is 1. The lowest BCUT2D eigenvalue weighted by atomic mass is 10.3. The van der Waals surface area contributed by atoms with Crippen molar-refractivity contribution in [2.24, 2.45) is 0 Å². The molecule has 1 nitrogen and oxygen atoms in total. The topological polar surface area (TPSA) is 9.23 Å². The van der Waals surface area contributed by atoms with Crippen LogP contribution in [0.4, 0.5) is 4.39 Å². The van der Waals surface area contributed by atoms with Gasteiger partial charge >= 0.3 is 0 Å². The van der Waals surface area contributed by atoms with Crippen molar-refractivity contribution in [2.45, 2.75) is 4.90 Å². The highest BCUT2D eigenvalue weighted by atomic mass is 32.2. The van der Waals surface area contributed by atoms with E-state index in [9.17, 15) is 4.39 Å². The zero-order valence-corrected chi connectivity index (χ0v) is 7.24. The molecule has 0 aliphatic heterocycles. The second kappa shape index (κ2) is 3.62. The maximum atomic E-state index is 12.9. The van der Waals surface area contributed by atoms with E-state index in [1.165, 1.54) is 24.9 Å². The quantitative estimate of drug-likeness (QED) is 0.634. The number of hydrogen-bond acceptors (Lipinski definition) is 2. The third-order valence-electron chi connectivity index (χ3n) is 1.35. The summed E-state index contributed by atoms with van der Waals surface area (Å²) in [6.07, 6.45) is 1.89. The predicted octanol–water partition coefficient (Wildman–Crippen LogP) is 2.56. The highest BCUT2D eigenvalue weighted by molar-refractivity contribution is 7.98. The average molecular weight is 172 g/mol. The Hall–Kier alpha value is -0.700. The molecular weight excluding hydrogens is 163 g/mol. The van der Waals surface area contributed by atoms with E-state index in [0.29, 0.717) is 5.75 Å². The van der Waals surface area contributed by atoms with Crippen molar-refractivity contribution in [1.29, 1.82) is 0 Å². The first-order valence-corrected chi connectivity index (χ1v) is 4.38. The SMILES string of the molecule is COc1c(F)cccc1SC. The molecule has 0 spiro atoms. The van der Waals surface area contributed by atoms with Crippen molar-refractivity contribution in [3.63, 3.8) is 0 Å². The fourth-order valence-corrected chi connectivity index (χ4v) is 1.43. The van der Waals surface area contributed by atoms with E-state index in [1.807, 2.05) is 12.3 Å². The normalized spacial score (nSPS) is 9.73. The van der Waals surface area contributed by atoms with Crippen molar-refractivity contribution in [3.05, 3.63) is 24.0 Å². The number of halogens is 1. The molecule has 1 aromatic carbocycles. The minimum absolute atomic E-state index is 0.306. The Bertz CT molecular complexity index is 250. The van der Waals surface area contributed by atoms with Gasteiger partial charge in [-0.25, -0.2) is 4.39 Å². The molecule has 0 saturated heterocycles. The number of ether oxygens (including phenoxy) is 1. The summed E-state index contributed by atoms with van der Waals surface area (Å²) in [5.41, 5.74) is 0. The first-order chi connectivity index (χ1) is 5.29. The molecule has 0 fully saturated rings. The minimum atomic E-state index is -0.306. The number of rotatable bonds is 2. The minimum Gasteiger partial charge on any atom is -0.492 e. The molecule has 0 saturated carbocycles. The standard InChI is InChI=1S/C8H9FOS/c1-10-8-6(9)4-3-5-7(8)11-2/h3-5H,1-2H3. The van der Waals surface area contributed by atoms with Crippen molar-refractivity contribution in [1.82, 2.24) is 0 Å². The van der Waals surface area contributed by atoms with Gasteiger partial charge in [-0.15, -0.1) is 11.8 Å². The van der Waals surface area contributed by atoms with E-state index in [2.05, 4.69) is 0 Å². The van der Waals surface area contributed by atoms with Gasteiger partial charge in [-0.05, 0) is 18.4 Å². The van der Waals surface area contributed by atoms with Crippen molar-refractivity contribution >= 4 is 11.8 Å². The molecule has 0 aliphatic carbocycles. The molecule has 1 rings (SSSR count). The van der Waals surface area contributed by atoms with Gasteiger partial charge in [-0.1, -0.05) is 6.07 Å². The van der Waals surface area contributed by atoms with Crippen LogP contribution in [0.5, 0.6) is 5.75 Å². The van der Waals surface area contributed by atoms with Crippen molar-refractivity contribution in [2.75, 3.05) is 13.4 Å². The second-order valence-electron chi connectivity index (χ2n) is 1.98. The van der Waals surface area contributed by atoms with E-state index in [1.54, 1.807) is 6.07 Å². The molecule has 0 aliphatic rings. The van der Waals surface area contributed by atoms with Crippen LogP contribution in [0, 0.1) is 5.82 Å². The van der Waals surface area contributed by atoms with Gasteiger partial charge < -0.3 is 4.74 Å². The highest BCUT2D eigenvalue weighted by Crippen LogP contribution is 2.29. The number of methoxy groups -OCH3 is 1. The maximum absolute atomic E-state index is 12.9. The fourth-order valence-electron chi connectivity index (χ4n) is 0.848. The molecule has 0 heterocycles. The first-order valence-electron chi connectivity index (χ1n) is 3.16. The van der Waals surface area contributed by atoms with Crippen LogP contribution in [0.3, 0.4) is 0 Å². The van der Waals surface area contributed by atoms with Gasteiger partial charge in [0.2, 0.25) is 0 Å². The van der Waals surface area contributed by atoms with E-state index < -0.39 is 0 Å². The number of hydrogen-bond donors (Lipinski definition) is 0. The van der Waals surface area contributed by atoms with Crippen molar-refractivity contribution in [3.8, 4) is 5.75 Å². The summed E-state index contributed by atoms with van der Waals surface area (Å²) in [7, 11) is 1.47. The van der Waals surface area contributed by atoms with Gasteiger partial charge in [0.25, 0.3) is 0 Å². The van der Waals surface area contributed by atoms with E-state index in [0.717, 1.165) is 4.90 Å². The van der Waals surface area contributed by atoms with Gasteiger partial charge in [-0.2, -0.15) is 0 Å². The Balaban J connectivity index is 3.13. The molecule has 1 aromatic rings. The second-order valence-corrected chi connectivity index (χ2v) is 2.82. The van der Waals surface area contributed by atoms with Crippen LogP contribution in [-0.2, 0) is 0 Å². The van der Waals surface area contributed by atoms with Gasteiger partial charge in [0.1, 0.15) is 0 Å². The van der Waals surface area contributed by atoms with Gasteiger partial charge in [0, 0.05) is 0 Å². The molecule has 0 N–H and O–H groups in total. The maximum Gasteiger partial charge on any atom is 0.168 e. The molecule has 3 heteroatoms. The molecular formula is C8H9FOS. The summed E-state index contributed by atoms with van der Waals surface area (Å²) in [6.45, 7) is 0. The Kier molecular flexibility index (Phi) is 2.76. The summed E-state index contributed by atoms with van der Waals surface area (Å²) in [4.78, 5) is 0.826. The summed E-state index contributed by atoms with van der Waals surface area (Å²) < 4.78 is 17.8. The highest BCUT2D eigenvalue weighted by Gasteiger charge is 2.05. The molecule has 0 unspecified atom stereocenters. The van der Waals surface area contributed by atoms with E-state index in [-0.39, 0.29) is 5.82 Å². The van der Waals surface area contributed by atoms with Crippen LogP contribution in [-0.4, -0.2) is 13.4 Å². The largest absolute Gasteiger partial charge is 0.492 e. The smallest absolute Gasteiger partial charge is 0.168 e.